The molecular weight excluding hydrogens is 466 g/mol. The molecule has 2 fully saturated rings. The highest BCUT2D eigenvalue weighted by Crippen LogP contribution is 2.49. The molecule has 2 aromatic rings. The van der Waals surface area contributed by atoms with Crippen LogP contribution < -0.4 is 4.74 Å². The first-order chi connectivity index (χ1) is 17.5. The van der Waals surface area contributed by atoms with Gasteiger partial charge in [0.15, 0.2) is 6.29 Å². The Morgan fingerprint density at radius 1 is 1.00 bits per heavy atom. The zero-order chi connectivity index (χ0) is 26.8. The number of β-amino-alcohol motifs (C(OH)–C–C–N with tert-alkyl or cyclic N) is 1. The molecule has 1 N–H and O–H groups in total. The average molecular weight is 510 g/mol. The van der Waals surface area contributed by atoms with Crippen molar-refractivity contribution >= 4 is 6.03 Å². The number of carbonyl (C=O) groups excluding carboxylic acids is 1. The predicted molar refractivity (Wildman–Crippen MR) is 145 cm³/mol. The van der Waals surface area contributed by atoms with E-state index in [2.05, 4.69) is 49.3 Å². The highest BCUT2D eigenvalue weighted by atomic mass is 16.6. The van der Waals surface area contributed by atoms with Gasteiger partial charge in [0.05, 0.1) is 24.8 Å². The van der Waals surface area contributed by atoms with Gasteiger partial charge in [0.1, 0.15) is 5.75 Å². The van der Waals surface area contributed by atoms with Gasteiger partial charge in [0.2, 0.25) is 0 Å². The number of amides is 2. The molecule has 1 spiro atoms. The highest BCUT2D eigenvalue weighted by molar-refractivity contribution is 5.78. The van der Waals surface area contributed by atoms with Crippen molar-refractivity contribution in [2.24, 2.45) is 0 Å². The molecule has 1 heterocycles. The molecular formula is C30H43N3O4. The molecule has 37 heavy (non-hydrogen) atoms. The van der Waals surface area contributed by atoms with Gasteiger partial charge in [-0.25, -0.2) is 4.79 Å². The van der Waals surface area contributed by atoms with Gasteiger partial charge in [-0.2, -0.15) is 0 Å². The maximum Gasteiger partial charge on any atom is 0.321 e. The van der Waals surface area contributed by atoms with Crippen LogP contribution in [0.3, 0.4) is 0 Å². The standard InChI is InChI=1S/C30H43N3O4/c1-28(2,3)37-26(34)21-33-27(35)32(20-23-12-14-25(36-6)15-13-23)22-29(33)16-18-30(19-17-29,31(4)5)24-10-8-7-9-11-24/h7-15,26,34H,16-22H2,1-6H3/t26?,29-,30+. The molecule has 2 aliphatic rings. The summed E-state index contributed by atoms with van der Waals surface area (Å²) < 4.78 is 11.1. The normalized spacial score (nSPS) is 25.2. The fourth-order valence-corrected chi connectivity index (χ4v) is 6.13. The fraction of sp³-hybridized carbons (Fsp3) is 0.567. The summed E-state index contributed by atoms with van der Waals surface area (Å²) >= 11 is 0. The van der Waals surface area contributed by atoms with Gasteiger partial charge in [-0.05, 0) is 83.8 Å². The summed E-state index contributed by atoms with van der Waals surface area (Å²) in [6, 6.07) is 18.5. The van der Waals surface area contributed by atoms with Crippen molar-refractivity contribution in [3.05, 3.63) is 65.7 Å². The van der Waals surface area contributed by atoms with Crippen LogP contribution in [0.4, 0.5) is 4.79 Å². The van der Waals surface area contributed by atoms with E-state index in [0.29, 0.717) is 13.1 Å². The van der Waals surface area contributed by atoms with E-state index < -0.39 is 11.9 Å². The molecule has 0 bridgehead atoms. The van der Waals surface area contributed by atoms with E-state index in [9.17, 15) is 9.90 Å². The summed E-state index contributed by atoms with van der Waals surface area (Å²) in [6.45, 7) is 7.07. The molecule has 1 saturated heterocycles. The summed E-state index contributed by atoms with van der Waals surface area (Å²) in [5, 5.41) is 10.8. The smallest absolute Gasteiger partial charge is 0.321 e. The van der Waals surface area contributed by atoms with Gasteiger partial charge >= 0.3 is 6.03 Å². The number of aliphatic hydroxyl groups excluding tert-OH is 1. The van der Waals surface area contributed by atoms with Gasteiger partial charge in [0.25, 0.3) is 0 Å². The summed E-state index contributed by atoms with van der Waals surface area (Å²) in [5.41, 5.74) is 1.45. The maximum atomic E-state index is 13.8. The lowest BCUT2D eigenvalue weighted by Gasteiger charge is -2.51. The lowest BCUT2D eigenvalue weighted by Crippen LogP contribution is -2.57. The van der Waals surface area contributed by atoms with Crippen LogP contribution in [0.1, 0.15) is 57.6 Å². The quantitative estimate of drug-likeness (QED) is 0.516. The Labute approximate surface area is 222 Å². The molecule has 1 aliphatic carbocycles. The highest BCUT2D eigenvalue weighted by Gasteiger charge is 2.54. The van der Waals surface area contributed by atoms with Gasteiger partial charge < -0.3 is 24.4 Å². The van der Waals surface area contributed by atoms with Crippen molar-refractivity contribution < 1.29 is 19.4 Å². The van der Waals surface area contributed by atoms with E-state index >= 15 is 0 Å². The second kappa shape index (κ2) is 10.6. The molecule has 4 rings (SSSR count). The Bertz CT molecular complexity index is 1040. The lowest BCUT2D eigenvalue weighted by atomic mass is 9.68. The topological polar surface area (TPSA) is 65.5 Å². The van der Waals surface area contributed by atoms with E-state index in [0.717, 1.165) is 37.0 Å². The molecule has 1 saturated carbocycles. The van der Waals surface area contributed by atoms with E-state index in [-0.39, 0.29) is 23.7 Å². The van der Waals surface area contributed by atoms with Gasteiger partial charge in [-0.1, -0.05) is 42.5 Å². The second-order valence-electron chi connectivity index (χ2n) is 11.8. The lowest BCUT2D eigenvalue weighted by molar-refractivity contribution is -0.176. The Kier molecular flexibility index (Phi) is 7.88. The minimum atomic E-state index is -1.04. The molecule has 1 atom stereocenters. The number of aliphatic hydroxyl groups is 1. The first kappa shape index (κ1) is 27.4. The number of carbonyl (C=O) groups is 1. The van der Waals surface area contributed by atoms with Crippen molar-refractivity contribution in [2.45, 2.75) is 76.0 Å². The second-order valence-corrected chi connectivity index (χ2v) is 11.8. The van der Waals surface area contributed by atoms with Crippen LogP contribution in [0.2, 0.25) is 0 Å². The molecule has 0 aromatic heterocycles. The molecule has 1 unspecified atom stereocenters. The molecule has 7 heteroatoms. The third kappa shape index (κ3) is 5.79. The van der Waals surface area contributed by atoms with Crippen molar-refractivity contribution in [3.8, 4) is 5.75 Å². The fourth-order valence-electron chi connectivity index (χ4n) is 6.13. The third-order valence-electron chi connectivity index (χ3n) is 8.10. The van der Waals surface area contributed by atoms with Gasteiger partial charge in [-0.3, -0.25) is 4.90 Å². The number of hydrogen-bond acceptors (Lipinski definition) is 5. The van der Waals surface area contributed by atoms with Crippen LogP contribution in [-0.4, -0.2) is 77.6 Å². The van der Waals surface area contributed by atoms with Crippen molar-refractivity contribution in [1.82, 2.24) is 14.7 Å². The van der Waals surface area contributed by atoms with E-state index in [1.54, 1.807) is 7.11 Å². The Balaban J connectivity index is 1.59. The number of hydrogen-bond donors (Lipinski definition) is 1. The monoisotopic (exact) mass is 509 g/mol. The Morgan fingerprint density at radius 3 is 2.16 bits per heavy atom. The van der Waals surface area contributed by atoms with Crippen LogP contribution in [-0.2, 0) is 16.8 Å². The summed E-state index contributed by atoms with van der Waals surface area (Å²) in [7, 11) is 5.96. The molecule has 2 amide bonds. The first-order valence-corrected chi connectivity index (χ1v) is 13.3. The molecule has 7 nitrogen and oxygen atoms in total. The third-order valence-corrected chi connectivity index (χ3v) is 8.10. The van der Waals surface area contributed by atoms with E-state index in [4.69, 9.17) is 9.47 Å². The molecule has 2 aromatic carbocycles. The molecule has 1 aliphatic heterocycles. The molecule has 0 radical (unpaired) electrons. The minimum Gasteiger partial charge on any atom is -0.497 e. The Hall–Kier alpha value is -2.61. The number of rotatable bonds is 8. The number of ether oxygens (including phenoxy) is 2. The van der Waals surface area contributed by atoms with E-state index in [1.807, 2.05) is 54.8 Å². The maximum absolute atomic E-state index is 13.8. The summed E-state index contributed by atoms with van der Waals surface area (Å²) in [5.74, 6) is 0.797. The van der Waals surface area contributed by atoms with Crippen LogP contribution in [0.25, 0.3) is 0 Å². The first-order valence-electron chi connectivity index (χ1n) is 13.3. The zero-order valence-electron chi connectivity index (χ0n) is 23.2. The predicted octanol–water partition coefficient (Wildman–Crippen LogP) is 4.84. The molecule has 202 valence electrons. The number of urea groups is 1. The SMILES string of the molecule is COc1ccc(CN2C[C@]3(CC[C@](c4ccccc4)(N(C)C)CC3)N(CC(O)OC(C)(C)C)C2=O)cc1. The summed E-state index contributed by atoms with van der Waals surface area (Å²) in [4.78, 5) is 20.0. The van der Waals surface area contributed by atoms with Crippen LogP contribution in [0.15, 0.2) is 54.6 Å². The summed E-state index contributed by atoms with van der Waals surface area (Å²) in [6.07, 6.45) is 2.53. The van der Waals surface area contributed by atoms with Crippen LogP contribution in [0.5, 0.6) is 5.75 Å². The number of benzene rings is 2. The van der Waals surface area contributed by atoms with Gasteiger partial charge in [0, 0.05) is 18.6 Å². The van der Waals surface area contributed by atoms with Crippen molar-refractivity contribution in [1.29, 1.82) is 0 Å². The van der Waals surface area contributed by atoms with Gasteiger partial charge in [-0.15, -0.1) is 0 Å². The Morgan fingerprint density at radius 2 is 1.62 bits per heavy atom. The average Bonchev–Trinajstić information content (AvgIpc) is 3.09. The van der Waals surface area contributed by atoms with Crippen LogP contribution in [0, 0.1) is 0 Å². The van der Waals surface area contributed by atoms with Crippen molar-refractivity contribution in [2.75, 3.05) is 34.3 Å². The number of methoxy groups -OCH3 is 1. The zero-order valence-corrected chi connectivity index (χ0v) is 23.2. The largest absolute Gasteiger partial charge is 0.497 e. The van der Waals surface area contributed by atoms with Crippen molar-refractivity contribution in [3.63, 3.8) is 0 Å². The van der Waals surface area contributed by atoms with E-state index in [1.165, 1.54) is 5.56 Å². The van der Waals surface area contributed by atoms with Crippen LogP contribution >= 0.6 is 0 Å². The number of nitrogens with zero attached hydrogens (tertiary/aromatic N) is 3. The minimum absolute atomic E-state index is 0.0376.